The summed E-state index contributed by atoms with van der Waals surface area (Å²) in [4.78, 5) is 12.9. The van der Waals surface area contributed by atoms with Crippen LogP contribution in [0.4, 0.5) is 11.4 Å². The molecule has 1 fully saturated rings. The zero-order valence-electron chi connectivity index (χ0n) is 13.7. The van der Waals surface area contributed by atoms with Gasteiger partial charge < -0.3 is 9.64 Å². The monoisotopic (exact) mass is 324 g/mol. The molecule has 0 amide bonds. The minimum atomic E-state index is -0.342. The number of benzene rings is 2. The molecule has 1 spiro atoms. The molecule has 5 heteroatoms. The van der Waals surface area contributed by atoms with E-state index in [0.717, 1.165) is 37.2 Å². The Morgan fingerprint density at radius 3 is 2.88 bits per heavy atom. The number of aryl methyl sites for hydroxylation is 2. The van der Waals surface area contributed by atoms with Crippen LogP contribution in [-0.4, -0.2) is 24.6 Å². The molecule has 2 aromatic carbocycles. The number of rotatable bonds is 2. The van der Waals surface area contributed by atoms with Gasteiger partial charge in [-0.05, 0) is 42.5 Å². The minimum absolute atomic E-state index is 0.144. The highest BCUT2D eigenvalue weighted by Crippen LogP contribution is 2.43. The number of anilines is 1. The van der Waals surface area contributed by atoms with Gasteiger partial charge in [-0.15, -0.1) is 0 Å². The molecule has 0 aromatic heterocycles. The third kappa shape index (κ3) is 2.36. The van der Waals surface area contributed by atoms with Crippen molar-refractivity contribution in [2.45, 2.75) is 25.4 Å². The van der Waals surface area contributed by atoms with E-state index in [1.807, 2.05) is 13.0 Å². The molecule has 1 atom stereocenters. The first-order valence-corrected chi connectivity index (χ1v) is 8.31. The highest BCUT2D eigenvalue weighted by atomic mass is 16.6. The van der Waals surface area contributed by atoms with E-state index < -0.39 is 0 Å². The summed E-state index contributed by atoms with van der Waals surface area (Å²) in [5, 5.41) is 11.0. The molecule has 4 rings (SSSR count). The maximum atomic E-state index is 11.0. The highest BCUT2D eigenvalue weighted by molar-refractivity contribution is 5.58. The molecule has 0 saturated carbocycles. The second kappa shape index (κ2) is 5.60. The molecule has 1 saturated heterocycles. The maximum Gasteiger partial charge on any atom is 0.269 e. The van der Waals surface area contributed by atoms with Crippen LogP contribution in [0.3, 0.4) is 0 Å². The zero-order valence-corrected chi connectivity index (χ0v) is 13.7. The topological polar surface area (TPSA) is 55.6 Å². The molecule has 1 unspecified atom stereocenters. The SMILES string of the molecule is Cc1cc([N+](=O)[O-])ccc1N1CCOC2(CCc3ccccc32)C1. The predicted octanol–water partition coefficient (Wildman–Crippen LogP) is 3.58. The van der Waals surface area contributed by atoms with E-state index in [-0.39, 0.29) is 16.2 Å². The van der Waals surface area contributed by atoms with E-state index in [1.165, 1.54) is 11.1 Å². The second-order valence-corrected chi connectivity index (χ2v) is 6.65. The van der Waals surface area contributed by atoms with Gasteiger partial charge in [0.15, 0.2) is 0 Å². The van der Waals surface area contributed by atoms with Crippen LogP contribution in [0.2, 0.25) is 0 Å². The molecule has 1 heterocycles. The molecule has 2 aromatic rings. The summed E-state index contributed by atoms with van der Waals surface area (Å²) in [5.41, 5.74) is 4.57. The van der Waals surface area contributed by atoms with E-state index in [0.29, 0.717) is 6.61 Å². The van der Waals surface area contributed by atoms with Crippen LogP contribution in [0.15, 0.2) is 42.5 Å². The fraction of sp³-hybridized carbons (Fsp3) is 0.368. The van der Waals surface area contributed by atoms with Crippen molar-refractivity contribution in [2.24, 2.45) is 0 Å². The normalized spacial score (nSPS) is 22.6. The van der Waals surface area contributed by atoms with Gasteiger partial charge in [0, 0.05) is 24.4 Å². The number of nitrogens with zero attached hydrogens (tertiary/aromatic N) is 2. The summed E-state index contributed by atoms with van der Waals surface area (Å²) in [7, 11) is 0. The van der Waals surface area contributed by atoms with Gasteiger partial charge >= 0.3 is 0 Å². The number of non-ortho nitro benzene ring substituents is 1. The van der Waals surface area contributed by atoms with Crippen LogP contribution in [0.5, 0.6) is 0 Å². The summed E-state index contributed by atoms with van der Waals surface area (Å²) in [6.07, 6.45) is 2.04. The Hall–Kier alpha value is -2.40. The van der Waals surface area contributed by atoms with Crippen LogP contribution in [0.25, 0.3) is 0 Å². The lowest BCUT2D eigenvalue weighted by atomic mass is 9.93. The molecule has 5 nitrogen and oxygen atoms in total. The molecule has 124 valence electrons. The molecular weight excluding hydrogens is 304 g/mol. The van der Waals surface area contributed by atoms with E-state index in [2.05, 4.69) is 29.2 Å². The summed E-state index contributed by atoms with van der Waals surface area (Å²) in [5.74, 6) is 0. The van der Waals surface area contributed by atoms with Gasteiger partial charge in [0.05, 0.1) is 18.1 Å². The molecular formula is C19H20N2O3. The van der Waals surface area contributed by atoms with Crippen molar-refractivity contribution in [3.8, 4) is 0 Å². The zero-order chi connectivity index (χ0) is 16.7. The summed E-state index contributed by atoms with van der Waals surface area (Å²) < 4.78 is 6.26. The minimum Gasteiger partial charge on any atom is -0.367 e. The Morgan fingerprint density at radius 1 is 1.25 bits per heavy atom. The number of hydrogen-bond acceptors (Lipinski definition) is 4. The standard InChI is InChI=1S/C19H20N2O3/c1-14-12-16(21(22)23)6-7-18(14)20-10-11-24-19(13-20)9-8-15-4-2-3-5-17(15)19/h2-7,12H,8-11,13H2,1H3. The van der Waals surface area contributed by atoms with Crippen molar-refractivity contribution < 1.29 is 9.66 Å². The second-order valence-electron chi connectivity index (χ2n) is 6.65. The summed E-state index contributed by atoms with van der Waals surface area (Å²) in [6.45, 7) is 4.21. The van der Waals surface area contributed by atoms with Gasteiger partial charge in [-0.1, -0.05) is 24.3 Å². The number of hydrogen-bond donors (Lipinski definition) is 0. The van der Waals surface area contributed by atoms with Gasteiger partial charge in [0.25, 0.3) is 5.69 Å². The van der Waals surface area contributed by atoms with E-state index in [9.17, 15) is 10.1 Å². The van der Waals surface area contributed by atoms with Gasteiger partial charge in [-0.3, -0.25) is 10.1 Å². The predicted molar refractivity (Wildman–Crippen MR) is 92.4 cm³/mol. The molecule has 2 aliphatic rings. The number of ether oxygens (including phenoxy) is 1. The van der Waals surface area contributed by atoms with Crippen molar-refractivity contribution in [3.05, 3.63) is 69.3 Å². The molecule has 1 aliphatic carbocycles. The lowest BCUT2D eigenvalue weighted by Gasteiger charge is -2.42. The molecule has 0 radical (unpaired) electrons. The van der Waals surface area contributed by atoms with Crippen LogP contribution < -0.4 is 4.90 Å². The first-order valence-electron chi connectivity index (χ1n) is 8.31. The average molecular weight is 324 g/mol. The van der Waals surface area contributed by atoms with Gasteiger partial charge in [0.2, 0.25) is 0 Å². The van der Waals surface area contributed by atoms with Gasteiger partial charge in [0.1, 0.15) is 5.60 Å². The highest BCUT2D eigenvalue weighted by Gasteiger charge is 2.43. The lowest BCUT2D eigenvalue weighted by molar-refractivity contribution is -0.384. The molecule has 0 bridgehead atoms. The molecule has 24 heavy (non-hydrogen) atoms. The van der Waals surface area contributed by atoms with Gasteiger partial charge in [-0.25, -0.2) is 0 Å². The van der Waals surface area contributed by atoms with Crippen molar-refractivity contribution in [2.75, 3.05) is 24.6 Å². The fourth-order valence-corrected chi connectivity index (χ4v) is 4.07. The third-order valence-corrected chi connectivity index (χ3v) is 5.22. The van der Waals surface area contributed by atoms with Crippen LogP contribution in [-0.2, 0) is 16.8 Å². The smallest absolute Gasteiger partial charge is 0.269 e. The van der Waals surface area contributed by atoms with E-state index in [1.54, 1.807) is 12.1 Å². The van der Waals surface area contributed by atoms with E-state index >= 15 is 0 Å². The Bertz CT molecular complexity index is 801. The van der Waals surface area contributed by atoms with Crippen LogP contribution in [0, 0.1) is 17.0 Å². The number of nitro groups is 1. The van der Waals surface area contributed by atoms with Crippen molar-refractivity contribution >= 4 is 11.4 Å². The molecule has 1 aliphatic heterocycles. The quantitative estimate of drug-likeness (QED) is 0.626. The maximum absolute atomic E-state index is 11.0. The Labute approximate surface area is 141 Å². The first kappa shape index (κ1) is 15.1. The van der Waals surface area contributed by atoms with Gasteiger partial charge in [-0.2, -0.15) is 0 Å². The number of fused-ring (bicyclic) bond motifs is 2. The number of morpholine rings is 1. The summed E-state index contributed by atoms with van der Waals surface area (Å²) >= 11 is 0. The average Bonchev–Trinajstić information content (AvgIpc) is 2.93. The van der Waals surface area contributed by atoms with Crippen molar-refractivity contribution in [1.29, 1.82) is 0 Å². The first-order chi connectivity index (χ1) is 11.6. The van der Waals surface area contributed by atoms with Crippen molar-refractivity contribution in [3.63, 3.8) is 0 Å². The third-order valence-electron chi connectivity index (χ3n) is 5.22. The van der Waals surface area contributed by atoms with Crippen molar-refractivity contribution in [1.82, 2.24) is 0 Å². The van der Waals surface area contributed by atoms with Crippen LogP contribution >= 0.6 is 0 Å². The number of nitro benzene ring substituents is 1. The Kier molecular flexibility index (Phi) is 3.53. The molecule has 0 N–H and O–H groups in total. The Morgan fingerprint density at radius 2 is 2.08 bits per heavy atom. The summed E-state index contributed by atoms with van der Waals surface area (Å²) in [6, 6.07) is 13.6. The Balaban J connectivity index is 1.66. The fourth-order valence-electron chi connectivity index (χ4n) is 4.07. The van der Waals surface area contributed by atoms with E-state index in [4.69, 9.17) is 4.74 Å². The van der Waals surface area contributed by atoms with Crippen LogP contribution in [0.1, 0.15) is 23.1 Å². The lowest BCUT2D eigenvalue weighted by Crippen LogP contribution is -2.49. The largest absolute Gasteiger partial charge is 0.367 e.